The molecule has 0 aliphatic carbocycles. The molecule has 8 heteroatoms. The third-order valence-electron chi connectivity index (χ3n) is 5.76. The number of β-lactam (4-membered cyclic amide) rings is 1. The predicted molar refractivity (Wildman–Crippen MR) is 119 cm³/mol. The Hall–Kier alpha value is -3.39. The zero-order chi connectivity index (χ0) is 22.1. The van der Waals surface area contributed by atoms with E-state index in [1.807, 2.05) is 73.7 Å². The van der Waals surface area contributed by atoms with E-state index in [0.717, 1.165) is 11.1 Å². The Labute approximate surface area is 189 Å². The standard InChI is InChI=1S/C24H21N3O4S/c1-24(13-12-18-25-15-30-26-18)22(27-19(28)14-20(27)32-24)23(29)31-21(16-8-4-2-5-9-16)17-10-6-3-7-11-17/h2-13,15,20-22H,14H2,1H3/b13-12+/t20-,22+,24+/m1/s1. The third-order valence-corrected chi connectivity index (χ3v) is 7.30. The lowest BCUT2D eigenvalue weighted by atomic mass is 9.95. The summed E-state index contributed by atoms with van der Waals surface area (Å²) in [5.74, 6) is -0.0749. The van der Waals surface area contributed by atoms with Crippen LogP contribution >= 0.6 is 11.8 Å². The van der Waals surface area contributed by atoms with Crippen LogP contribution in [0.3, 0.4) is 0 Å². The number of hydrogen-bond donors (Lipinski definition) is 0. The van der Waals surface area contributed by atoms with E-state index in [1.165, 1.54) is 6.39 Å². The first-order chi connectivity index (χ1) is 15.5. The molecule has 2 aromatic carbocycles. The number of nitrogens with zero attached hydrogens (tertiary/aromatic N) is 3. The lowest BCUT2D eigenvalue weighted by molar-refractivity contribution is -0.163. The number of carbonyl (C=O) groups excluding carboxylic acids is 2. The number of ether oxygens (including phenoxy) is 1. The summed E-state index contributed by atoms with van der Waals surface area (Å²) >= 11 is 1.57. The summed E-state index contributed by atoms with van der Waals surface area (Å²) in [6.45, 7) is 1.94. The average molecular weight is 448 g/mol. The molecule has 1 aromatic heterocycles. The Morgan fingerprint density at radius 2 is 1.84 bits per heavy atom. The van der Waals surface area contributed by atoms with Crippen LogP contribution in [-0.4, -0.2) is 43.1 Å². The van der Waals surface area contributed by atoms with Crippen molar-refractivity contribution in [2.24, 2.45) is 0 Å². The average Bonchev–Trinajstić information content (AvgIpc) is 3.41. The Kier molecular flexibility index (Phi) is 5.30. The minimum Gasteiger partial charge on any atom is -0.451 e. The lowest BCUT2D eigenvalue weighted by Gasteiger charge is -2.38. The van der Waals surface area contributed by atoms with E-state index in [4.69, 9.17) is 9.26 Å². The largest absolute Gasteiger partial charge is 0.451 e. The van der Waals surface area contributed by atoms with E-state index in [-0.39, 0.29) is 11.3 Å². The van der Waals surface area contributed by atoms with E-state index < -0.39 is 22.9 Å². The molecule has 3 heterocycles. The number of hydrogen-bond acceptors (Lipinski definition) is 7. The molecule has 3 aromatic rings. The molecule has 2 aliphatic heterocycles. The molecule has 3 atom stereocenters. The first-order valence-electron chi connectivity index (χ1n) is 10.3. The summed E-state index contributed by atoms with van der Waals surface area (Å²) in [4.78, 5) is 31.7. The monoisotopic (exact) mass is 447 g/mol. The number of amides is 1. The Morgan fingerprint density at radius 1 is 1.19 bits per heavy atom. The molecule has 162 valence electrons. The van der Waals surface area contributed by atoms with Gasteiger partial charge in [0.15, 0.2) is 11.9 Å². The van der Waals surface area contributed by atoms with Crippen molar-refractivity contribution in [3.8, 4) is 0 Å². The van der Waals surface area contributed by atoms with Gasteiger partial charge < -0.3 is 14.2 Å². The maximum absolute atomic E-state index is 13.6. The van der Waals surface area contributed by atoms with Crippen LogP contribution < -0.4 is 0 Å². The number of rotatable bonds is 6. The van der Waals surface area contributed by atoms with E-state index in [0.29, 0.717) is 12.2 Å². The van der Waals surface area contributed by atoms with Crippen molar-refractivity contribution in [1.29, 1.82) is 0 Å². The van der Waals surface area contributed by atoms with Crippen molar-refractivity contribution in [3.63, 3.8) is 0 Å². The minimum atomic E-state index is -0.753. The molecule has 0 unspecified atom stereocenters. The van der Waals surface area contributed by atoms with Crippen molar-refractivity contribution < 1.29 is 18.8 Å². The molecular formula is C24H21N3O4S. The quantitative estimate of drug-likeness (QED) is 0.419. The number of aromatic nitrogens is 2. The summed E-state index contributed by atoms with van der Waals surface area (Å²) < 4.78 is 10.2. The highest BCUT2D eigenvalue weighted by molar-refractivity contribution is 8.01. The van der Waals surface area contributed by atoms with Crippen LogP contribution in [-0.2, 0) is 14.3 Å². The van der Waals surface area contributed by atoms with Gasteiger partial charge in [-0.1, -0.05) is 71.9 Å². The molecule has 0 N–H and O–H groups in total. The van der Waals surface area contributed by atoms with Crippen molar-refractivity contribution in [2.45, 2.75) is 35.6 Å². The van der Waals surface area contributed by atoms with Gasteiger partial charge >= 0.3 is 5.97 Å². The van der Waals surface area contributed by atoms with Gasteiger partial charge in [-0.15, -0.1) is 11.8 Å². The van der Waals surface area contributed by atoms with Gasteiger partial charge in [0.2, 0.25) is 12.3 Å². The fraction of sp³-hybridized carbons (Fsp3) is 0.250. The summed E-state index contributed by atoms with van der Waals surface area (Å²) in [7, 11) is 0. The maximum atomic E-state index is 13.6. The van der Waals surface area contributed by atoms with Crippen LogP contribution in [0.15, 0.2) is 77.7 Å². The molecule has 0 radical (unpaired) electrons. The Morgan fingerprint density at radius 3 is 2.41 bits per heavy atom. The van der Waals surface area contributed by atoms with Crippen LogP contribution in [0.4, 0.5) is 0 Å². The minimum absolute atomic E-state index is 0.0443. The first kappa shape index (κ1) is 20.5. The Bertz CT molecular complexity index is 1100. The molecule has 0 bridgehead atoms. The third kappa shape index (κ3) is 3.71. The molecule has 0 saturated carbocycles. The summed E-state index contributed by atoms with van der Waals surface area (Å²) in [5, 5.41) is 3.75. The highest BCUT2D eigenvalue weighted by atomic mass is 32.2. The van der Waals surface area contributed by atoms with Gasteiger partial charge in [0.05, 0.1) is 16.5 Å². The van der Waals surface area contributed by atoms with Crippen LogP contribution in [0.5, 0.6) is 0 Å². The first-order valence-corrected chi connectivity index (χ1v) is 11.2. The van der Waals surface area contributed by atoms with Gasteiger partial charge in [-0.3, -0.25) is 4.79 Å². The van der Waals surface area contributed by atoms with Crippen molar-refractivity contribution in [3.05, 3.63) is 90.1 Å². The molecule has 2 aliphatic rings. The van der Waals surface area contributed by atoms with Crippen LogP contribution in [0.25, 0.3) is 6.08 Å². The fourth-order valence-electron chi connectivity index (χ4n) is 4.18. The summed E-state index contributed by atoms with van der Waals surface area (Å²) in [6, 6.07) is 18.5. The summed E-state index contributed by atoms with van der Waals surface area (Å²) in [6.07, 6.45) is 4.66. The smallest absolute Gasteiger partial charge is 0.331 e. The molecular weight excluding hydrogens is 426 g/mol. The van der Waals surface area contributed by atoms with E-state index in [9.17, 15) is 9.59 Å². The highest BCUT2D eigenvalue weighted by Crippen LogP contribution is 2.52. The summed E-state index contributed by atoms with van der Waals surface area (Å²) in [5.41, 5.74) is 1.74. The van der Waals surface area contributed by atoms with Gasteiger partial charge in [-0.05, 0) is 24.1 Å². The maximum Gasteiger partial charge on any atom is 0.331 e. The lowest BCUT2D eigenvalue weighted by Crippen LogP contribution is -2.57. The zero-order valence-electron chi connectivity index (χ0n) is 17.3. The highest BCUT2D eigenvalue weighted by Gasteiger charge is 2.60. The number of fused-ring (bicyclic) bond motifs is 1. The molecule has 32 heavy (non-hydrogen) atoms. The van der Waals surface area contributed by atoms with Crippen LogP contribution in [0.2, 0.25) is 0 Å². The van der Waals surface area contributed by atoms with Gasteiger partial charge in [0.25, 0.3) is 0 Å². The van der Waals surface area contributed by atoms with Gasteiger partial charge in [-0.2, -0.15) is 4.98 Å². The second-order valence-corrected chi connectivity index (χ2v) is 9.58. The second kappa shape index (κ2) is 8.27. The Balaban J connectivity index is 1.46. The van der Waals surface area contributed by atoms with Crippen molar-refractivity contribution in [2.75, 3.05) is 0 Å². The second-order valence-electron chi connectivity index (χ2n) is 7.93. The fourth-order valence-corrected chi connectivity index (χ4v) is 5.83. The van der Waals surface area contributed by atoms with Gasteiger partial charge in [0.1, 0.15) is 6.04 Å². The molecule has 1 amide bonds. The molecule has 7 nitrogen and oxygen atoms in total. The molecule has 2 fully saturated rings. The van der Waals surface area contributed by atoms with E-state index in [2.05, 4.69) is 10.1 Å². The number of thioether (sulfide) groups is 1. The van der Waals surface area contributed by atoms with E-state index in [1.54, 1.807) is 22.7 Å². The molecule has 5 rings (SSSR count). The number of esters is 1. The van der Waals surface area contributed by atoms with Crippen LogP contribution in [0, 0.1) is 0 Å². The number of carbonyl (C=O) groups is 2. The predicted octanol–water partition coefficient (Wildman–Crippen LogP) is 3.85. The molecule has 0 spiro atoms. The van der Waals surface area contributed by atoms with E-state index >= 15 is 0 Å². The van der Waals surface area contributed by atoms with Gasteiger partial charge in [-0.25, -0.2) is 4.79 Å². The van der Waals surface area contributed by atoms with Crippen molar-refractivity contribution >= 4 is 29.7 Å². The van der Waals surface area contributed by atoms with Crippen molar-refractivity contribution in [1.82, 2.24) is 15.0 Å². The number of benzene rings is 2. The zero-order valence-corrected chi connectivity index (χ0v) is 18.1. The van der Waals surface area contributed by atoms with Gasteiger partial charge in [0, 0.05) is 0 Å². The SMILES string of the molecule is C[C@@]1(/C=C/c2ncon2)S[C@@H]2CC(=O)N2[C@H]1C(=O)OC(c1ccccc1)c1ccccc1. The normalized spacial score (nSPS) is 24.6. The molecule has 2 saturated heterocycles. The van der Waals surface area contributed by atoms with Crippen LogP contribution in [0.1, 0.15) is 36.4 Å². The topological polar surface area (TPSA) is 85.5 Å².